The van der Waals surface area contributed by atoms with Crippen LogP contribution in [0.5, 0.6) is 0 Å². The SMILES string of the molecule is Cc1cc(C(N)=O)ccc1CNC(C)c1ccccc1C. The molecule has 0 fully saturated rings. The van der Waals surface area contributed by atoms with Crippen molar-refractivity contribution < 1.29 is 4.79 Å². The number of benzene rings is 2. The molecule has 0 aliphatic carbocycles. The smallest absolute Gasteiger partial charge is 0.248 e. The largest absolute Gasteiger partial charge is 0.366 e. The van der Waals surface area contributed by atoms with E-state index >= 15 is 0 Å². The van der Waals surface area contributed by atoms with Crippen molar-refractivity contribution >= 4 is 5.91 Å². The first-order valence-electron chi connectivity index (χ1n) is 7.17. The topological polar surface area (TPSA) is 55.1 Å². The highest BCUT2D eigenvalue weighted by molar-refractivity contribution is 5.93. The summed E-state index contributed by atoms with van der Waals surface area (Å²) < 4.78 is 0. The predicted molar refractivity (Wildman–Crippen MR) is 86.1 cm³/mol. The number of carbonyl (C=O) groups excluding carboxylic acids is 1. The fourth-order valence-corrected chi connectivity index (χ4v) is 2.49. The Morgan fingerprint density at radius 2 is 1.86 bits per heavy atom. The second-order valence-corrected chi connectivity index (χ2v) is 5.46. The second-order valence-electron chi connectivity index (χ2n) is 5.46. The molecule has 0 aliphatic heterocycles. The fraction of sp³-hybridized carbons (Fsp3) is 0.278. The van der Waals surface area contributed by atoms with Crippen molar-refractivity contribution in [3.05, 3.63) is 70.3 Å². The number of aryl methyl sites for hydroxylation is 2. The van der Waals surface area contributed by atoms with Gasteiger partial charge in [0.1, 0.15) is 0 Å². The molecule has 2 aromatic carbocycles. The predicted octanol–water partition coefficient (Wildman–Crippen LogP) is 3.25. The van der Waals surface area contributed by atoms with Gasteiger partial charge in [0.05, 0.1) is 0 Å². The summed E-state index contributed by atoms with van der Waals surface area (Å²) in [7, 11) is 0. The van der Waals surface area contributed by atoms with Crippen LogP contribution < -0.4 is 11.1 Å². The van der Waals surface area contributed by atoms with Crippen LogP contribution in [0.25, 0.3) is 0 Å². The summed E-state index contributed by atoms with van der Waals surface area (Å²) in [5.41, 5.74) is 10.7. The minimum Gasteiger partial charge on any atom is -0.366 e. The van der Waals surface area contributed by atoms with Crippen LogP contribution in [0.4, 0.5) is 0 Å². The summed E-state index contributed by atoms with van der Waals surface area (Å²) >= 11 is 0. The molecular weight excluding hydrogens is 260 g/mol. The molecule has 3 N–H and O–H groups in total. The molecule has 1 amide bonds. The zero-order valence-corrected chi connectivity index (χ0v) is 12.8. The Morgan fingerprint density at radius 3 is 2.48 bits per heavy atom. The van der Waals surface area contributed by atoms with E-state index in [9.17, 15) is 4.79 Å². The number of carbonyl (C=O) groups is 1. The van der Waals surface area contributed by atoms with Gasteiger partial charge in [-0.25, -0.2) is 0 Å². The van der Waals surface area contributed by atoms with E-state index in [-0.39, 0.29) is 11.9 Å². The first kappa shape index (κ1) is 15.3. The van der Waals surface area contributed by atoms with E-state index in [1.165, 1.54) is 16.7 Å². The lowest BCUT2D eigenvalue weighted by Gasteiger charge is -2.17. The van der Waals surface area contributed by atoms with Gasteiger partial charge < -0.3 is 11.1 Å². The molecule has 1 atom stereocenters. The Bertz CT molecular complexity index is 649. The Labute approximate surface area is 126 Å². The minimum atomic E-state index is -0.383. The fourth-order valence-electron chi connectivity index (χ4n) is 2.49. The van der Waals surface area contributed by atoms with E-state index in [4.69, 9.17) is 5.73 Å². The number of hydrogen-bond acceptors (Lipinski definition) is 2. The molecule has 1 unspecified atom stereocenters. The monoisotopic (exact) mass is 282 g/mol. The second kappa shape index (κ2) is 6.55. The summed E-state index contributed by atoms with van der Waals surface area (Å²) in [6, 6.07) is 14.3. The lowest BCUT2D eigenvalue weighted by atomic mass is 10.0. The van der Waals surface area contributed by atoms with Gasteiger partial charge >= 0.3 is 0 Å². The van der Waals surface area contributed by atoms with Gasteiger partial charge in [0.15, 0.2) is 0 Å². The molecule has 0 aromatic heterocycles. The summed E-state index contributed by atoms with van der Waals surface area (Å²) in [5, 5.41) is 3.53. The standard InChI is InChI=1S/C18H22N2O/c1-12-6-4-5-7-17(12)14(3)20-11-16-9-8-15(18(19)21)10-13(16)2/h4-10,14,20H,11H2,1-3H3,(H2,19,21). The molecule has 2 aromatic rings. The van der Waals surface area contributed by atoms with E-state index in [0.717, 1.165) is 12.1 Å². The molecule has 0 bridgehead atoms. The number of nitrogens with one attached hydrogen (secondary N) is 1. The summed E-state index contributed by atoms with van der Waals surface area (Å²) in [6.45, 7) is 7.05. The van der Waals surface area contributed by atoms with E-state index in [0.29, 0.717) is 5.56 Å². The molecule has 2 rings (SSSR count). The molecule has 0 radical (unpaired) electrons. The van der Waals surface area contributed by atoms with Crippen molar-refractivity contribution in [3.8, 4) is 0 Å². The minimum absolute atomic E-state index is 0.279. The quantitative estimate of drug-likeness (QED) is 0.884. The lowest BCUT2D eigenvalue weighted by molar-refractivity contribution is 0.1000. The maximum Gasteiger partial charge on any atom is 0.248 e. The third kappa shape index (κ3) is 3.70. The van der Waals surface area contributed by atoms with Gasteiger partial charge in [0, 0.05) is 18.2 Å². The van der Waals surface area contributed by atoms with Gasteiger partial charge in [-0.1, -0.05) is 30.3 Å². The summed E-state index contributed by atoms with van der Waals surface area (Å²) in [5.74, 6) is -0.383. The Hall–Kier alpha value is -2.13. The molecule has 0 saturated carbocycles. The maximum absolute atomic E-state index is 11.2. The molecule has 21 heavy (non-hydrogen) atoms. The average molecular weight is 282 g/mol. The lowest BCUT2D eigenvalue weighted by Crippen LogP contribution is -2.19. The number of nitrogens with two attached hydrogens (primary N) is 1. The van der Waals surface area contributed by atoms with Crippen LogP contribution in [0, 0.1) is 13.8 Å². The first-order valence-corrected chi connectivity index (χ1v) is 7.17. The van der Waals surface area contributed by atoms with Crippen LogP contribution in [0.2, 0.25) is 0 Å². The third-order valence-corrected chi connectivity index (χ3v) is 3.88. The van der Waals surface area contributed by atoms with Crippen molar-refractivity contribution in [2.45, 2.75) is 33.4 Å². The van der Waals surface area contributed by atoms with E-state index < -0.39 is 0 Å². The molecule has 0 saturated heterocycles. The highest BCUT2D eigenvalue weighted by Gasteiger charge is 2.09. The van der Waals surface area contributed by atoms with Crippen LogP contribution in [0.1, 0.15) is 45.6 Å². The van der Waals surface area contributed by atoms with Gasteiger partial charge in [-0.2, -0.15) is 0 Å². The van der Waals surface area contributed by atoms with Crippen molar-refractivity contribution in [1.82, 2.24) is 5.32 Å². The van der Waals surface area contributed by atoms with Crippen molar-refractivity contribution in [2.24, 2.45) is 5.73 Å². The van der Waals surface area contributed by atoms with Crippen molar-refractivity contribution in [1.29, 1.82) is 0 Å². The van der Waals surface area contributed by atoms with E-state index in [1.54, 1.807) is 6.07 Å². The van der Waals surface area contributed by atoms with Crippen LogP contribution in [-0.4, -0.2) is 5.91 Å². The van der Waals surface area contributed by atoms with Crippen LogP contribution in [0.15, 0.2) is 42.5 Å². The van der Waals surface area contributed by atoms with Gasteiger partial charge in [0.2, 0.25) is 5.91 Å². The Balaban J connectivity index is 2.06. The van der Waals surface area contributed by atoms with E-state index in [2.05, 4.69) is 43.4 Å². The zero-order valence-electron chi connectivity index (χ0n) is 12.8. The summed E-state index contributed by atoms with van der Waals surface area (Å²) in [6.07, 6.45) is 0. The van der Waals surface area contributed by atoms with Crippen molar-refractivity contribution in [2.75, 3.05) is 0 Å². The molecule has 0 spiro atoms. The van der Waals surface area contributed by atoms with Crippen LogP contribution in [-0.2, 0) is 6.54 Å². The van der Waals surface area contributed by atoms with Gasteiger partial charge in [-0.05, 0) is 55.2 Å². The maximum atomic E-state index is 11.2. The van der Waals surface area contributed by atoms with Gasteiger partial charge in [-0.15, -0.1) is 0 Å². The van der Waals surface area contributed by atoms with E-state index in [1.807, 2.05) is 19.1 Å². The third-order valence-electron chi connectivity index (χ3n) is 3.88. The van der Waals surface area contributed by atoms with Gasteiger partial charge in [-0.3, -0.25) is 4.79 Å². The van der Waals surface area contributed by atoms with Crippen LogP contribution >= 0.6 is 0 Å². The number of hydrogen-bond donors (Lipinski definition) is 2. The highest BCUT2D eigenvalue weighted by Crippen LogP contribution is 2.18. The molecular formula is C18H22N2O. The summed E-state index contributed by atoms with van der Waals surface area (Å²) in [4.78, 5) is 11.2. The first-order chi connectivity index (χ1) is 9.99. The highest BCUT2D eigenvalue weighted by atomic mass is 16.1. The molecule has 0 aliphatic rings. The number of amides is 1. The van der Waals surface area contributed by atoms with Crippen LogP contribution in [0.3, 0.4) is 0 Å². The Morgan fingerprint density at radius 1 is 1.14 bits per heavy atom. The molecule has 3 nitrogen and oxygen atoms in total. The number of primary amides is 1. The average Bonchev–Trinajstić information content (AvgIpc) is 2.46. The van der Waals surface area contributed by atoms with Crippen molar-refractivity contribution in [3.63, 3.8) is 0 Å². The molecule has 0 heterocycles. The number of rotatable bonds is 5. The molecule has 3 heteroatoms. The zero-order chi connectivity index (χ0) is 15.4. The Kier molecular flexibility index (Phi) is 4.76. The normalized spacial score (nSPS) is 12.1. The molecule has 110 valence electrons. The van der Waals surface area contributed by atoms with Gasteiger partial charge in [0.25, 0.3) is 0 Å².